The van der Waals surface area contributed by atoms with Crippen LogP contribution in [0.5, 0.6) is 0 Å². The van der Waals surface area contributed by atoms with Crippen molar-refractivity contribution in [3.8, 4) is 0 Å². The second-order valence-electron chi connectivity index (χ2n) is 5.73. The van der Waals surface area contributed by atoms with Gasteiger partial charge in [0.2, 0.25) is 11.8 Å². The first-order chi connectivity index (χ1) is 10.2. The lowest BCUT2D eigenvalue weighted by molar-refractivity contribution is -0.134. The summed E-state index contributed by atoms with van der Waals surface area (Å²) in [5, 5.41) is -0.124. The van der Waals surface area contributed by atoms with Gasteiger partial charge >= 0.3 is 0 Å². The molecule has 4 nitrogen and oxygen atoms in total. The summed E-state index contributed by atoms with van der Waals surface area (Å²) in [7, 11) is 0. The number of thioether (sulfide) groups is 1. The van der Waals surface area contributed by atoms with Crippen molar-refractivity contribution < 1.29 is 9.59 Å². The lowest BCUT2D eigenvalue weighted by Gasteiger charge is -2.35. The Labute approximate surface area is 129 Å². The number of primary amides is 1. The predicted octanol–water partition coefficient (Wildman–Crippen LogP) is 1.74. The summed E-state index contributed by atoms with van der Waals surface area (Å²) in [4.78, 5) is 26.0. The molecule has 1 fully saturated rings. The van der Waals surface area contributed by atoms with Gasteiger partial charge in [-0.1, -0.05) is 24.3 Å². The molecule has 0 unspecified atom stereocenters. The highest BCUT2D eigenvalue weighted by Crippen LogP contribution is 2.38. The summed E-state index contributed by atoms with van der Waals surface area (Å²) in [5.41, 5.74) is 7.82. The molecule has 0 aromatic heterocycles. The van der Waals surface area contributed by atoms with Crippen LogP contribution in [-0.2, 0) is 16.0 Å². The van der Waals surface area contributed by atoms with Gasteiger partial charge in [0.15, 0.2) is 0 Å². The van der Waals surface area contributed by atoms with Crippen molar-refractivity contribution in [1.29, 1.82) is 0 Å². The maximum atomic E-state index is 12.8. The molecular formula is C16H20N2O2S. The van der Waals surface area contributed by atoms with E-state index in [0.717, 1.165) is 37.1 Å². The second kappa shape index (κ2) is 6.10. The molecule has 1 aromatic carbocycles. The number of carbonyl (C=O) groups is 2. The zero-order valence-electron chi connectivity index (χ0n) is 12.0. The van der Waals surface area contributed by atoms with Gasteiger partial charge in [0, 0.05) is 13.1 Å². The van der Waals surface area contributed by atoms with Crippen molar-refractivity contribution in [3.05, 3.63) is 35.4 Å². The van der Waals surface area contributed by atoms with Crippen LogP contribution < -0.4 is 5.73 Å². The summed E-state index contributed by atoms with van der Waals surface area (Å²) in [5.74, 6) is 0.634. The van der Waals surface area contributed by atoms with Crippen LogP contribution in [0.1, 0.15) is 29.2 Å². The number of hydrogen-bond donors (Lipinski definition) is 1. The van der Waals surface area contributed by atoms with E-state index in [1.165, 1.54) is 5.56 Å². The molecule has 0 bridgehead atoms. The van der Waals surface area contributed by atoms with Crippen LogP contribution in [0, 0.1) is 5.92 Å². The summed E-state index contributed by atoms with van der Waals surface area (Å²) in [6.07, 6.45) is 2.68. The monoisotopic (exact) mass is 304 g/mol. The Hall–Kier alpha value is -1.49. The lowest BCUT2D eigenvalue weighted by Crippen LogP contribution is -2.45. The van der Waals surface area contributed by atoms with E-state index < -0.39 is 0 Å². The molecule has 3 rings (SSSR count). The van der Waals surface area contributed by atoms with Gasteiger partial charge in [-0.2, -0.15) is 0 Å². The first-order valence-electron chi connectivity index (χ1n) is 7.44. The minimum Gasteiger partial charge on any atom is -0.369 e. The number of fused-ring (bicyclic) bond motifs is 1. The molecule has 2 aliphatic heterocycles. The molecule has 2 heterocycles. The molecule has 2 aliphatic rings. The Morgan fingerprint density at radius 1 is 1.29 bits per heavy atom. The van der Waals surface area contributed by atoms with E-state index in [4.69, 9.17) is 5.73 Å². The van der Waals surface area contributed by atoms with Gasteiger partial charge in [0.25, 0.3) is 0 Å². The standard InChI is InChI=1S/C16H20N2O2S/c17-15(19)12-5-3-8-18(10-12)16(20)14-13-6-2-1-4-11(13)7-9-21-14/h1-2,4,6,12,14H,3,5,7-10H2,(H2,17,19)/t12-,14+/m0/s1. The van der Waals surface area contributed by atoms with E-state index in [-0.39, 0.29) is 23.0 Å². The number of benzene rings is 1. The molecule has 0 saturated carbocycles. The van der Waals surface area contributed by atoms with Crippen LogP contribution in [0.2, 0.25) is 0 Å². The van der Waals surface area contributed by atoms with E-state index in [2.05, 4.69) is 12.1 Å². The molecular weight excluding hydrogens is 284 g/mol. The van der Waals surface area contributed by atoms with Crippen molar-refractivity contribution >= 4 is 23.6 Å². The van der Waals surface area contributed by atoms with Gasteiger partial charge < -0.3 is 10.6 Å². The smallest absolute Gasteiger partial charge is 0.240 e. The average molecular weight is 304 g/mol. The third-order valence-electron chi connectivity index (χ3n) is 4.35. The number of hydrogen-bond acceptors (Lipinski definition) is 3. The summed E-state index contributed by atoms with van der Waals surface area (Å²) in [6.45, 7) is 1.22. The Bertz CT molecular complexity index is 561. The molecule has 0 radical (unpaired) electrons. The maximum Gasteiger partial charge on any atom is 0.240 e. The fraction of sp³-hybridized carbons (Fsp3) is 0.500. The molecule has 1 aromatic rings. The zero-order valence-corrected chi connectivity index (χ0v) is 12.8. The van der Waals surface area contributed by atoms with E-state index in [1.807, 2.05) is 17.0 Å². The Balaban J connectivity index is 1.78. The highest BCUT2D eigenvalue weighted by Gasteiger charge is 2.34. The molecule has 2 N–H and O–H groups in total. The van der Waals surface area contributed by atoms with Gasteiger partial charge in [-0.3, -0.25) is 9.59 Å². The third-order valence-corrected chi connectivity index (χ3v) is 5.58. The highest BCUT2D eigenvalue weighted by atomic mass is 32.2. The minimum absolute atomic E-state index is 0.124. The van der Waals surface area contributed by atoms with Crippen LogP contribution in [0.4, 0.5) is 0 Å². The number of nitrogens with two attached hydrogens (primary N) is 1. The van der Waals surface area contributed by atoms with E-state index in [0.29, 0.717) is 6.54 Å². The number of nitrogens with zero attached hydrogens (tertiary/aromatic N) is 1. The topological polar surface area (TPSA) is 63.4 Å². The van der Waals surface area contributed by atoms with Gasteiger partial charge in [-0.25, -0.2) is 0 Å². The largest absolute Gasteiger partial charge is 0.369 e. The van der Waals surface area contributed by atoms with Crippen molar-refractivity contribution in [1.82, 2.24) is 4.90 Å². The normalized spacial score (nSPS) is 25.2. The summed E-state index contributed by atoms with van der Waals surface area (Å²) in [6, 6.07) is 8.19. The van der Waals surface area contributed by atoms with Crippen LogP contribution in [0.3, 0.4) is 0 Å². The van der Waals surface area contributed by atoms with E-state index in [9.17, 15) is 9.59 Å². The van der Waals surface area contributed by atoms with Gasteiger partial charge in [-0.15, -0.1) is 11.8 Å². The predicted molar refractivity (Wildman–Crippen MR) is 83.8 cm³/mol. The number of carbonyl (C=O) groups excluding carboxylic acids is 2. The van der Waals surface area contributed by atoms with Crippen LogP contribution in [0.25, 0.3) is 0 Å². The number of amides is 2. The van der Waals surface area contributed by atoms with Crippen molar-refractivity contribution in [3.63, 3.8) is 0 Å². The Morgan fingerprint density at radius 2 is 2.10 bits per heavy atom. The van der Waals surface area contributed by atoms with Gasteiger partial charge in [-0.05, 0) is 36.1 Å². The van der Waals surface area contributed by atoms with Crippen LogP contribution in [-0.4, -0.2) is 35.6 Å². The van der Waals surface area contributed by atoms with E-state index >= 15 is 0 Å². The van der Waals surface area contributed by atoms with Crippen molar-refractivity contribution in [2.45, 2.75) is 24.5 Å². The maximum absolute atomic E-state index is 12.8. The number of piperidine rings is 1. The number of aryl methyl sites for hydroxylation is 1. The van der Waals surface area contributed by atoms with Crippen molar-refractivity contribution in [2.75, 3.05) is 18.8 Å². The molecule has 1 saturated heterocycles. The molecule has 0 spiro atoms. The number of rotatable bonds is 2. The van der Waals surface area contributed by atoms with Crippen LogP contribution >= 0.6 is 11.8 Å². The average Bonchev–Trinajstić information content (AvgIpc) is 2.53. The lowest BCUT2D eigenvalue weighted by atomic mass is 9.96. The Morgan fingerprint density at radius 3 is 2.90 bits per heavy atom. The minimum atomic E-state index is -0.288. The van der Waals surface area contributed by atoms with Gasteiger partial charge in [0.05, 0.1) is 5.92 Å². The van der Waals surface area contributed by atoms with Crippen molar-refractivity contribution in [2.24, 2.45) is 11.7 Å². The number of likely N-dealkylation sites (tertiary alicyclic amines) is 1. The first-order valence-corrected chi connectivity index (χ1v) is 8.49. The SMILES string of the molecule is NC(=O)[C@H]1CCCN(C(=O)[C@@H]2SCCc3ccccc32)C1. The third kappa shape index (κ3) is 2.93. The molecule has 0 aliphatic carbocycles. The molecule has 2 atom stereocenters. The fourth-order valence-electron chi connectivity index (χ4n) is 3.17. The fourth-order valence-corrected chi connectivity index (χ4v) is 4.45. The quantitative estimate of drug-likeness (QED) is 0.905. The molecule has 21 heavy (non-hydrogen) atoms. The molecule has 112 valence electrons. The van der Waals surface area contributed by atoms with Crippen LogP contribution in [0.15, 0.2) is 24.3 Å². The molecule has 2 amide bonds. The second-order valence-corrected chi connectivity index (χ2v) is 6.94. The summed E-state index contributed by atoms with van der Waals surface area (Å²) < 4.78 is 0. The van der Waals surface area contributed by atoms with E-state index in [1.54, 1.807) is 11.8 Å². The zero-order chi connectivity index (χ0) is 14.8. The van der Waals surface area contributed by atoms with Gasteiger partial charge in [0.1, 0.15) is 5.25 Å². The molecule has 5 heteroatoms. The Kier molecular flexibility index (Phi) is 4.19. The first kappa shape index (κ1) is 14.4. The summed E-state index contributed by atoms with van der Waals surface area (Å²) >= 11 is 1.71. The highest BCUT2D eigenvalue weighted by molar-refractivity contribution is 8.00.